The number of ether oxygens (including phenoxy) is 1. The van der Waals surface area contributed by atoms with Crippen LogP contribution in [-0.2, 0) is 16.2 Å². The van der Waals surface area contributed by atoms with Crippen molar-refractivity contribution in [3.8, 4) is 22.6 Å². The number of hydrogen-bond acceptors (Lipinski definition) is 5. The van der Waals surface area contributed by atoms with Gasteiger partial charge in [0.25, 0.3) is 10.0 Å². The zero-order valence-electron chi connectivity index (χ0n) is 19.9. The lowest BCUT2D eigenvalue weighted by atomic mass is 10.1. The molecule has 0 atom stereocenters. The highest BCUT2D eigenvalue weighted by Crippen LogP contribution is 2.38. The average molecular weight is 577 g/mol. The van der Waals surface area contributed by atoms with Crippen LogP contribution < -0.4 is 9.46 Å². The summed E-state index contributed by atoms with van der Waals surface area (Å²) in [5.41, 5.74) is 0.632. The highest BCUT2D eigenvalue weighted by Gasteiger charge is 2.30. The third kappa shape index (κ3) is 5.52. The minimum atomic E-state index is -4.60. The van der Waals surface area contributed by atoms with Crippen LogP contribution in [0.25, 0.3) is 16.8 Å². The van der Waals surface area contributed by atoms with Gasteiger partial charge in [-0.1, -0.05) is 11.6 Å². The summed E-state index contributed by atoms with van der Waals surface area (Å²) in [6, 6.07) is 14.7. The number of alkyl halides is 3. The molecule has 0 unspecified atom stereocenters. The van der Waals surface area contributed by atoms with Gasteiger partial charge in [0, 0.05) is 28.0 Å². The molecule has 0 fully saturated rings. The van der Waals surface area contributed by atoms with E-state index in [2.05, 4.69) is 14.9 Å². The lowest BCUT2D eigenvalue weighted by molar-refractivity contribution is -0.137. The number of fused-ring (bicyclic) bond motifs is 1. The fourth-order valence-electron chi connectivity index (χ4n) is 3.79. The highest BCUT2D eigenvalue weighted by molar-refractivity contribution is 7.92. The molecule has 0 spiro atoms. The van der Waals surface area contributed by atoms with Gasteiger partial charge in [0.1, 0.15) is 11.6 Å². The van der Waals surface area contributed by atoms with E-state index in [4.69, 9.17) is 16.3 Å². The van der Waals surface area contributed by atoms with Crippen molar-refractivity contribution in [3.63, 3.8) is 0 Å². The van der Waals surface area contributed by atoms with E-state index in [-0.39, 0.29) is 27.1 Å². The third-order valence-corrected chi connectivity index (χ3v) is 7.35. The number of nitrogens with one attached hydrogen (secondary N) is 1. The number of pyridine rings is 1. The molecule has 5 rings (SSSR count). The lowest BCUT2D eigenvalue weighted by Gasteiger charge is -2.15. The third-order valence-electron chi connectivity index (χ3n) is 5.72. The van der Waals surface area contributed by atoms with E-state index in [1.165, 1.54) is 30.3 Å². The summed E-state index contributed by atoms with van der Waals surface area (Å²) in [4.78, 5) is -0.359. The van der Waals surface area contributed by atoms with Gasteiger partial charge in [0.15, 0.2) is 17.2 Å². The summed E-state index contributed by atoms with van der Waals surface area (Å²) in [6.07, 6.45) is -2.90. The van der Waals surface area contributed by atoms with Gasteiger partial charge < -0.3 is 4.74 Å². The van der Waals surface area contributed by atoms with E-state index in [1.54, 1.807) is 29.7 Å². The van der Waals surface area contributed by atoms with E-state index in [0.717, 1.165) is 18.2 Å². The maximum absolute atomic E-state index is 14.5. The first-order chi connectivity index (χ1) is 18.4. The molecule has 7 nitrogen and oxygen atoms in total. The molecule has 0 aliphatic rings. The standard InChI is InChI=1S/C26H17ClF4N4O3S/c1-15-32-33-25-11-2-16(14-35(15)25)21-13-19(6-10-23(21)38-24-9-5-18(27)12-22(24)28)34-39(36,37)20-7-3-17(4-8-20)26(29,30)31/h2-14,34H,1H3. The van der Waals surface area contributed by atoms with Crippen LogP contribution in [0.1, 0.15) is 11.4 Å². The van der Waals surface area contributed by atoms with Crippen LogP contribution in [0, 0.1) is 12.7 Å². The smallest absolute Gasteiger partial charge is 0.416 e. The number of nitrogens with zero attached hydrogens (tertiary/aromatic N) is 3. The molecular formula is C26H17ClF4N4O3S. The van der Waals surface area contributed by atoms with E-state index in [1.807, 2.05) is 0 Å². The van der Waals surface area contributed by atoms with Gasteiger partial charge >= 0.3 is 6.18 Å². The zero-order valence-corrected chi connectivity index (χ0v) is 21.4. The van der Waals surface area contributed by atoms with Crippen molar-refractivity contribution in [1.82, 2.24) is 14.6 Å². The first-order valence-electron chi connectivity index (χ1n) is 11.2. The first-order valence-corrected chi connectivity index (χ1v) is 13.1. The molecule has 200 valence electrons. The highest BCUT2D eigenvalue weighted by atomic mass is 35.5. The lowest BCUT2D eigenvalue weighted by Crippen LogP contribution is -2.14. The molecule has 0 saturated carbocycles. The van der Waals surface area contributed by atoms with Gasteiger partial charge in [-0.05, 0) is 79.7 Å². The summed E-state index contributed by atoms with van der Waals surface area (Å²) in [6.45, 7) is 1.75. The number of anilines is 1. The minimum Gasteiger partial charge on any atom is -0.454 e. The van der Waals surface area contributed by atoms with E-state index in [9.17, 15) is 26.0 Å². The summed E-state index contributed by atoms with van der Waals surface area (Å²) in [7, 11) is -4.25. The Bertz CT molecular complexity index is 1810. The monoisotopic (exact) mass is 576 g/mol. The number of aryl methyl sites for hydroxylation is 1. The summed E-state index contributed by atoms with van der Waals surface area (Å²) in [5, 5.41) is 8.24. The SMILES string of the molecule is Cc1nnc2ccc(-c3cc(NS(=O)(=O)c4ccc(C(F)(F)F)cc4)ccc3Oc3ccc(Cl)cc3F)cn12. The molecule has 0 aliphatic carbocycles. The molecule has 1 N–H and O–H groups in total. The second-order valence-corrected chi connectivity index (χ2v) is 10.5. The molecule has 0 aliphatic heterocycles. The van der Waals surface area contributed by atoms with Crippen LogP contribution in [0.4, 0.5) is 23.2 Å². The summed E-state index contributed by atoms with van der Waals surface area (Å²) < 4.78 is 89.0. The molecule has 0 radical (unpaired) electrons. The number of aromatic nitrogens is 3. The summed E-state index contributed by atoms with van der Waals surface area (Å²) in [5.74, 6) is -0.0260. The zero-order chi connectivity index (χ0) is 27.9. The first kappa shape index (κ1) is 26.4. The number of hydrogen-bond donors (Lipinski definition) is 1. The van der Waals surface area contributed by atoms with Crippen molar-refractivity contribution in [1.29, 1.82) is 0 Å². The second kappa shape index (κ2) is 9.86. The molecule has 39 heavy (non-hydrogen) atoms. The Labute approximate surface area is 224 Å². The average Bonchev–Trinajstić information content (AvgIpc) is 3.26. The molecule has 2 heterocycles. The largest absolute Gasteiger partial charge is 0.454 e. The molecular weight excluding hydrogens is 560 g/mol. The molecule has 0 saturated heterocycles. The molecule has 13 heteroatoms. The van der Waals surface area contributed by atoms with Gasteiger partial charge in [-0.25, -0.2) is 12.8 Å². The Hall–Kier alpha value is -4.16. The Morgan fingerprint density at radius 2 is 1.64 bits per heavy atom. The van der Waals surface area contributed by atoms with Crippen LogP contribution in [0.2, 0.25) is 5.02 Å². The summed E-state index contributed by atoms with van der Waals surface area (Å²) >= 11 is 5.84. The molecule has 0 amide bonds. The fourth-order valence-corrected chi connectivity index (χ4v) is 4.99. The Kier molecular flexibility index (Phi) is 6.69. The van der Waals surface area contributed by atoms with Crippen LogP contribution in [-0.4, -0.2) is 23.0 Å². The van der Waals surface area contributed by atoms with Gasteiger partial charge in [-0.3, -0.25) is 9.12 Å². The Balaban J connectivity index is 1.55. The molecule has 3 aromatic carbocycles. The van der Waals surface area contributed by atoms with Crippen molar-refractivity contribution in [3.05, 3.63) is 101 Å². The van der Waals surface area contributed by atoms with Gasteiger partial charge in [-0.15, -0.1) is 10.2 Å². The predicted molar refractivity (Wildman–Crippen MR) is 137 cm³/mol. The van der Waals surface area contributed by atoms with Crippen molar-refractivity contribution in [2.75, 3.05) is 4.72 Å². The number of benzene rings is 3. The van der Waals surface area contributed by atoms with Gasteiger partial charge in [0.05, 0.1) is 10.5 Å². The van der Waals surface area contributed by atoms with Crippen LogP contribution in [0.15, 0.2) is 83.9 Å². The van der Waals surface area contributed by atoms with E-state index in [0.29, 0.717) is 34.7 Å². The van der Waals surface area contributed by atoms with Crippen LogP contribution in [0.5, 0.6) is 11.5 Å². The second-order valence-electron chi connectivity index (χ2n) is 8.41. The van der Waals surface area contributed by atoms with Crippen molar-refractivity contribution in [2.45, 2.75) is 18.0 Å². The van der Waals surface area contributed by atoms with Crippen LogP contribution >= 0.6 is 11.6 Å². The molecule has 2 aromatic heterocycles. The number of halogens is 5. The van der Waals surface area contributed by atoms with Crippen LogP contribution in [0.3, 0.4) is 0 Å². The minimum absolute atomic E-state index is 0.0920. The predicted octanol–water partition coefficient (Wildman–Crippen LogP) is 7.11. The van der Waals surface area contributed by atoms with Gasteiger partial charge in [0.2, 0.25) is 0 Å². The van der Waals surface area contributed by atoms with Gasteiger partial charge in [-0.2, -0.15) is 13.2 Å². The maximum atomic E-state index is 14.5. The number of rotatable bonds is 6. The quantitative estimate of drug-likeness (QED) is 0.218. The van der Waals surface area contributed by atoms with Crippen molar-refractivity contribution < 1.29 is 30.7 Å². The number of sulfonamides is 1. The van der Waals surface area contributed by atoms with Crippen molar-refractivity contribution in [2.24, 2.45) is 0 Å². The van der Waals surface area contributed by atoms with Crippen molar-refractivity contribution >= 4 is 33.0 Å². The van der Waals surface area contributed by atoms with E-state index >= 15 is 0 Å². The topological polar surface area (TPSA) is 85.6 Å². The fraction of sp³-hybridized carbons (Fsp3) is 0.0769. The maximum Gasteiger partial charge on any atom is 0.416 e. The Morgan fingerprint density at radius 3 is 2.33 bits per heavy atom. The molecule has 0 bridgehead atoms. The normalized spacial score (nSPS) is 12.1. The Morgan fingerprint density at radius 1 is 0.923 bits per heavy atom. The van der Waals surface area contributed by atoms with E-state index < -0.39 is 27.6 Å². The molecule has 5 aromatic rings.